The Morgan fingerprint density at radius 2 is 1.92 bits per heavy atom. The van der Waals surface area contributed by atoms with Crippen molar-refractivity contribution >= 4 is 17.6 Å². The van der Waals surface area contributed by atoms with Gasteiger partial charge in [0.1, 0.15) is 5.75 Å². The first-order valence-corrected chi connectivity index (χ1v) is 8.20. The van der Waals surface area contributed by atoms with Gasteiger partial charge in [0.05, 0.1) is 13.0 Å². The summed E-state index contributed by atoms with van der Waals surface area (Å²) in [6.45, 7) is 1.54. The van der Waals surface area contributed by atoms with Crippen LogP contribution in [0.15, 0.2) is 42.5 Å². The van der Waals surface area contributed by atoms with Gasteiger partial charge in [-0.15, -0.1) is 0 Å². The van der Waals surface area contributed by atoms with Gasteiger partial charge in [-0.2, -0.15) is 0 Å². The summed E-state index contributed by atoms with van der Waals surface area (Å²) in [4.78, 5) is 22.3. The molecule has 0 atom stereocenters. The molecule has 2 aromatic carbocycles. The second-order valence-corrected chi connectivity index (χ2v) is 5.87. The molecule has 0 spiro atoms. The van der Waals surface area contributed by atoms with E-state index in [9.17, 15) is 9.59 Å². The van der Waals surface area contributed by atoms with Crippen LogP contribution in [0.2, 0.25) is 0 Å². The van der Waals surface area contributed by atoms with Crippen molar-refractivity contribution in [2.75, 3.05) is 18.5 Å². The maximum absolute atomic E-state index is 11.9. The van der Waals surface area contributed by atoms with E-state index in [1.54, 1.807) is 12.1 Å². The average Bonchev–Trinajstić information content (AvgIpc) is 3.07. The van der Waals surface area contributed by atoms with Gasteiger partial charge in [-0.25, -0.2) is 0 Å². The molecule has 25 heavy (non-hydrogen) atoms. The number of aliphatic carboxylic acids is 1. The monoisotopic (exact) mass is 340 g/mol. The number of benzene rings is 2. The van der Waals surface area contributed by atoms with Crippen LogP contribution in [0.25, 0.3) is 0 Å². The highest BCUT2D eigenvalue weighted by molar-refractivity contribution is 5.94. The Bertz CT molecular complexity index is 771. The van der Waals surface area contributed by atoms with E-state index < -0.39 is 5.97 Å². The van der Waals surface area contributed by atoms with Crippen molar-refractivity contribution in [1.82, 2.24) is 5.32 Å². The Kier molecular flexibility index (Phi) is 5.18. The molecular formula is C19H20N2O4. The Labute approximate surface area is 145 Å². The summed E-state index contributed by atoms with van der Waals surface area (Å²) >= 11 is 0. The summed E-state index contributed by atoms with van der Waals surface area (Å²) in [7, 11) is 0. The number of carbonyl (C=O) groups is 2. The fraction of sp³-hybridized carbons (Fsp3) is 0.263. The largest absolute Gasteiger partial charge is 0.493 e. The minimum Gasteiger partial charge on any atom is -0.493 e. The Morgan fingerprint density at radius 3 is 2.68 bits per heavy atom. The molecule has 0 radical (unpaired) electrons. The zero-order chi connectivity index (χ0) is 17.6. The quantitative estimate of drug-likeness (QED) is 0.720. The van der Waals surface area contributed by atoms with Crippen molar-refractivity contribution < 1.29 is 19.4 Å². The lowest BCUT2D eigenvalue weighted by molar-refractivity contribution is -0.136. The number of carboxylic acid groups (broad SMARTS) is 1. The number of anilines is 1. The van der Waals surface area contributed by atoms with E-state index in [4.69, 9.17) is 9.84 Å². The van der Waals surface area contributed by atoms with Crippen LogP contribution in [0, 0.1) is 0 Å². The zero-order valence-electron chi connectivity index (χ0n) is 13.7. The number of fused-ring (bicyclic) bond motifs is 1. The minimum atomic E-state index is -0.934. The van der Waals surface area contributed by atoms with Crippen molar-refractivity contribution in [2.45, 2.75) is 19.4 Å². The molecule has 1 heterocycles. The predicted octanol–water partition coefficient (Wildman–Crippen LogP) is 2.44. The first-order valence-electron chi connectivity index (χ1n) is 8.20. The molecule has 0 fully saturated rings. The number of nitrogens with one attached hydrogen (secondary N) is 2. The molecule has 1 amide bonds. The summed E-state index contributed by atoms with van der Waals surface area (Å²) in [5.41, 5.74) is 3.79. The van der Waals surface area contributed by atoms with Crippen LogP contribution >= 0.6 is 0 Å². The Balaban J connectivity index is 1.52. The molecule has 0 aliphatic carbocycles. The lowest BCUT2D eigenvalue weighted by Gasteiger charge is -2.09. The molecule has 0 saturated carbocycles. The second-order valence-electron chi connectivity index (χ2n) is 5.87. The van der Waals surface area contributed by atoms with E-state index in [-0.39, 0.29) is 18.9 Å². The molecular weight excluding hydrogens is 320 g/mol. The van der Waals surface area contributed by atoms with Crippen molar-refractivity contribution in [1.29, 1.82) is 0 Å². The van der Waals surface area contributed by atoms with Crippen molar-refractivity contribution in [3.8, 4) is 5.75 Å². The third-order valence-corrected chi connectivity index (χ3v) is 4.03. The van der Waals surface area contributed by atoms with E-state index >= 15 is 0 Å². The van der Waals surface area contributed by atoms with E-state index in [1.807, 2.05) is 12.1 Å². The lowest BCUT2D eigenvalue weighted by atomic mass is 10.1. The van der Waals surface area contributed by atoms with Gasteiger partial charge in [0.25, 0.3) is 5.91 Å². The van der Waals surface area contributed by atoms with Gasteiger partial charge in [0.15, 0.2) is 0 Å². The van der Waals surface area contributed by atoms with Crippen LogP contribution in [-0.4, -0.2) is 30.1 Å². The second kappa shape index (κ2) is 7.70. The van der Waals surface area contributed by atoms with Gasteiger partial charge < -0.3 is 20.5 Å². The van der Waals surface area contributed by atoms with Gasteiger partial charge in [0, 0.05) is 30.8 Å². The molecule has 2 aromatic rings. The number of ether oxygens (including phenoxy) is 1. The fourth-order valence-electron chi connectivity index (χ4n) is 2.65. The van der Waals surface area contributed by atoms with Crippen LogP contribution in [0.5, 0.6) is 5.75 Å². The average molecular weight is 340 g/mol. The Morgan fingerprint density at radius 1 is 1.12 bits per heavy atom. The van der Waals surface area contributed by atoms with E-state index in [1.165, 1.54) is 5.56 Å². The maximum atomic E-state index is 11.9. The third kappa shape index (κ3) is 4.50. The van der Waals surface area contributed by atoms with Gasteiger partial charge in [-0.1, -0.05) is 12.1 Å². The molecule has 130 valence electrons. The third-order valence-electron chi connectivity index (χ3n) is 4.03. The number of carboxylic acids is 1. The van der Waals surface area contributed by atoms with Crippen LogP contribution in [0.1, 0.15) is 27.9 Å². The van der Waals surface area contributed by atoms with Crippen molar-refractivity contribution in [2.24, 2.45) is 0 Å². The molecule has 0 aromatic heterocycles. The SMILES string of the molecule is O=C(O)CCNC(=O)c1ccc(NCc2ccc3c(c2)OCC3)cc1. The summed E-state index contributed by atoms with van der Waals surface area (Å²) < 4.78 is 5.57. The number of amides is 1. The summed E-state index contributed by atoms with van der Waals surface area (Å²) in [6.07, 6.45) is 0.884. The first-order chi connectivity index (χ1) is 12.1. The molecule has 1 aliphatic rings. The number of hydrogen-bond acceptors (Lipinski definition) is 4. The number of rotatable bonds is 7. The van der Waals surface area contributed by atoms with Crippen molar-refractivity contribution in [3.63, 3.8) is 0 Å². The standard InChI is InChI=1S/C19H20N2O4/c22-18(23)7-9-20-19(24)15-3-5-16(6-4-15)21-12-13-1-2-14-8-10-25-17(14)11-13/h1-6,11,21H,7-10,12H2,(H,20,24)(H,22,23). The predicted molar refractivity (Wildman–Crippen MR) is 94.0 cm³/mol. The minimum absolute atomic E-state index is 0.0874. The van der Waals surface area contributed by atoms with E-state index in [0.717, 1.165) is 30.0 Å². The molecule has 3 N–H and O–H groups in total. The normalized spacial score (nSPS) is 12.2. The number of carbonyl (C=O) groups excluding carboxylic acids is 1. The van der Waals surface area contributed by atoms with E-state index in [0.29, 0.717) is 12.1 Å². The molecule has 1 aliphatic heterocycles. The number of hydrogen-bond donors (Lipinski definition) is 3. The lowest BCUT2D eigenvalue weighted by Crippen LogP contribution is -2.25. The van der Waals surface area contributed by atoms with Crippen LogP contribution in [0.4, 0.5) is 5.69 Å². The van der Waals surface area contributed by atoms with Gasteiger partial charge >= 0.3 is 5.97 Å². The molecule has 0 saturated heterocycles. The molecule has 0 unspecified atom stereocenters. The van der Waals surface area contributed by atoms with Crippen LogP contribution < -0.4 is 15.4 Å². The summed E-state index contributed by atoms with van der Waals surface area (Å²) in [5, 5.41) is 14.5. The smallest absolute Gasteiger partial charge is 0.305 e. The molecule has 3 rings (SSSR count). The van der Waals surface area contributed by atoms with Gasteiger partial charge in [0.2, 0.25) is 0 Å². The summed E-state index contributed by atoms with van der Waals surface area (Å²) in [6, 6.07) is 13.3. The van der Waals surface area contributed by atoms with Gasteiger partial charge in [-0.05, 0) is 41.5 Å². The van der Waals surface area contributed by atoms with Crippen LogP contribution in [-0.2, 0) is 17.8 Å². The highest BCUT2D eigenvalue weighted by Crippen LogP contribution is 2.26. The highest BCUT2D eigenvalue weighted by Gasteiger charge is 2.12. The topological polar surface area (TPSA) is 87.7 Å². The Hall–Kier alpha value is -3.02. The van der Waals surface area contributed by atoms with Crippen molar-refractivity contribution in [3.05, 3.63) is 59.2 Å². The first kappa shape index (κ1) is 16.8. The highest BCUT2D eigenvalue weighted by atomic mass is 16.5. The molecule has 0 bridgehead atoms. The molecule has 6 heteroatoms. The maximum Gasteiger partial charge on any atom is 0.305 e. The van der Waals surface area contributed by atoms with Crippen LogP contribution in [0.3, 0.4) is 0 Å². The molecule has 6 nitrogen and oxygen atoms in total. The van der Waals surface area contributed by atoms with Gasteiger partial charge in [-0.3, -0.25) is 9.59 Å². The fourth-order valence-corrected chi connectivity index (χ4v) is 2.65. The summed E-state index contributed by atoms with van der Waals surface area (Å²) in [5.74, 6) is -0.243. The van der Waals surface area contributed by atoms with E-state index in [2.05, 4.69) is 28.8 Å². The zero-order valence-corrected chi connectivity index (χ0v) is 13.7.